The first-order valence-corrected chi connectivity index (χ1v) is 10.3. The Balaban J connectivity index is 0.000000316. The zero-order chi connectivity index (χ0) is 22.7. The molecule has 2 atom stereocenters. The molecule has 0 bridgehead atoms. The average molecular weight is 422 g/mol. The number of ether oxygens (including phenoxy) is 2. The topological polar surface area (TPSA) is 81.8 Å². The highest BCUT2D eigenvalue weighted by Crippen LogP contribution is 2.26. The van der Waals surface area contributed by atoms with E-state index < -0.39 is 11.6 Å². The Labute approximate surface area is 184 Å². The van der Waals surface area contributed by atoms with Crippen molar-refractivity contribution in [3.63, 3.8) is 0 Å². The van der Waals surface area contributed by atoms with Crippen LogP contribution in [0.15, 0.2) is 84.9 Å². The Kier molecular flexibility index (Phi) is 9.10. The summed E-state index contributed by atoms with van der Waals surface area (Å²) in [6, 6.07) is 27.1. The van der Waals surface area contributed by atoms with Crippen LogP contribution >= 0.6 is 0 Å². The number of nitrogens with two attached hydrogens (primary N) is 1. The van der Waals surface area contributed by atoms with E-state index in [4.69, 9.17) is 15.2 Å². The summed E-state index contributed by atoms with van der Waals surface area (Å²) in [7, 11) is 0. The van der Waals surface area contributed by atoms with Gasteiger partial charge in [-0.05, 0) is 43.5 Å². The van der Waals surface area contributed by atoms with Crippen LogP contribution in [0.25, 0.3) is 0 Å². The second-order valence-corrected chi connectivity index (χ2v) is 7.44. The van der Waals surface area contributed by atoms with Gasteiger partial charge in [-0.2, -0.15) is 0 Å². The summed E-state index contributed by atoms with van der Waals surface area (Å²) in [5.41, 5.74) is 6.64. The normalized spacial score (nSPS) is 13.2. The summed E-state index contributed by atoms with van der Waals surface area (Å²) in [5, 5.41) is 9.26. The second kappa shape index (κ2) is 11.8. The van der Waals surface area contributed by atoms with Gasteiger partial charge in [-0.1, -0.05) is 73.7 Å². The summed E-state index contributed by atoms with van der Waals surface area (Å²) in [6.45, 7) is 5.78. The van der Waals surface area contributed by atoms with Crippen LogP contribution in [0.5, 0.6) is 11.5 Å². The minimum Gasteiger partial charge on any atom is -0.489 e. The Morgan fingerprint density at radius 1 is 0.968 bits per heavy atom. The highest BCUT2D eigenvalue weighted by molar-refractivity contribution is 5.77. The first-order chi connectivity index (χ1) is 14.8. The molecule has 0 spiro atoms. The van der Waals surface area contributed by atoms with Crippen molar-refractivity contribution in [2.24, 2.45) is 5.73 Å². The van der Waals surface area contributed by atoms with Crippen LogP contribution in [0.2, 0.25) is 0 Å². The van der Waals surface area contributed by atoms with Gasteiger partial charge >= 0.3 is 5.97 Å². The molecular weight excluding hydrogens is 390 g/mol. The van der Waals surface area contributed by atoms with Crippen LogP contribution in [0.4, 0.5) is 0 Å². The summed E-state index contributed by atoms with van der Waals surface area (Å²) in [6.07, 6.45) is 0.372. The van der Waals surface area contributed by atoms with Gasteiger partial charge < -0.3 is 20.3 Å². The molecule has 0 saturated carbocycles. The number of hydrogen-bond acceptors (Lipinski definition) is 4. The third-order valence-corrected chi connectivity index (χ3v) is 4.85. The molecule has 0 aliphatic rings. The molecule has 5 nitrogen and oxygen atoms in total. The van der Waals surface area contributed by atoms with Gasteiger partial charge in [0.2, 0.25) is 5.60 Å². The number of benzene rings is 3. The number of aliphatic carboxylic acids is 1. The largest absolute Gasteiger partial charge is 0.489 e. The standard InChI is InChI=1S/C18H20O4.C8H11N/c1-3-18(2,17(19)20)22-16-11-7-10-15(12-16)21-13-14-8-5-4-6-9-14;1-7(9)8-5-3-2-4-6-8/h4-12H,3,13H2,1-2H3,(H,19,20);2-7H,9H2,1H3/t18-;7-/m00/s1. The molecule has 164 valence electrons. The van der Waals surface area contributed by atoms with Gasteiger partial charge in [0.15, 0.2) is 0 Å². The van der Waals surface area contributed by atoms with Crippen LogP contribution < -0.4 is 15.2 Å². The van der Waals surface area contributed by atoms with Gasteiger partial charge in [0.1, 0.15) is 18.1 Å². The zero-order valence-electron chi connectivity index (χ0n) is 18.3. The van der Waals surface area contributed by atoms with E-state index in [0.29, 0.717) is 24.5 Å². The molecule has 0 fully saturated rings. The van der Waals surface area contributed by atoms with Crippen LogP contribution in [-0.4, -0.2) is 16.7 Å². The maximum Gasteiger partial charge on any atom is 0.347 e. The molecule has 3 N–H and O–H groups in total. The van der Waals surface area contributed by atoms with E-state index in [2.05, 4.69) is 0 Å². The van der Waals surface area contributed by atoms with E-state index in [0.717, 1.165) is 5.56 Å². The third kappa shape index (κ3) is 7.79. The molecule has 3 aromatic rings. The van der Waals surface area contributed by atoms with E-state index in [1.807, 2.05) is 73.7 Å². The molecule has 3 aromatic carbocycles. The highest BCUT2D eigenvalue weighted by Gasteiger charge is 2.33. The molecule has 0 aliphatic heterocycles. The van der Waals surface area contributed by atoms with Crippen molar-refractivity contribution >= 4 is 5.97 Å². The number of rotatable bonds is 8. The van der Waals surface area contributed by atoms with Crippen molar-refractivity contribution in [3.05, 3.63) is 96.1 Å². The maximum absolute atomic E-state index is 11.3. The quantitative estimate of drug-likeness (QED) is 0.494. The lowest BCUT2D eigenvalue weighted by Gasteiger charge is -2.25. The molecule has 0 radical (unpaired) electrons. The van der Waals surface area contributed by atoms with Crippen LogP contribution in [0.3, 0.4) is 0 Å². The fourth-order valence-corrected chi connectivity index (χ4v) is 2.65. The molecular formula is C26H31NO4. The lowest BCUT2D eigenvalue weighted by Crippen LogP contribution is -2.40. The average Bonchev–Trinajstić information content (AvgIpc) is 2.79. The van der Waals surface area contributed by atoms with Gasteiger partial charge in [-0.15, -0.1) is 0 Å². The van der Waals surface area contributed by atoms with E-state index in [9.17, 15) is 9.90 Å². The SMILES string of the molecule is CC[C@](C)(Oc1cccc(OCc2ccccc2)c1)C(=O)O.C[C@H](N)c1ccccc1. The minimum atomic E-state index is -1.24. The zero-order valence-corrected chi connectivity index (χ0v) is 18.3. The van der Waals surface area contributed by atoms with Crippen molar-refractivity contribution in [1.82, 2.24) is 0 Å². The predicted octanol–water partition coefficient (Wildman–Crippen LogP) is 5.60. The van der Waals surface area contributed by atoms with Gasteiger partial charge in [0, 0.05) is 12.1 Å². The minimum absolute atomic E-state index is 0.159. The molecule has 0 saturated heterocycles. The summed E-state index contributed by atoms with van der Waals surface area (Å²) in [4.78, 5) is 11.3. The lowest BCUT2D eigenvalue weighted by molar-refractivity contribution is -0.154. The van der Waals surface area contributed by atoms with Crippen molar-refractivity contribution in [3.8, 4) is 11.5 Å². The first kappa shape index (κ1) is 24.0. The fourth-order valence-electron chi connectivity index (χ4n) is 2.65. The monoisotopic (exact) mass is 421 g/mol. The summed E-state index contributed by atoms with van der Waals surface area (Å²) in [5.74, 6) is 0.146. The summed E-state index contributed by atoms with van der Waals surface area (Å²) >= 11 is 0. The lowest BCUT2D eigenvalue weighted by atomic mass is 10.0. The summed E-state index contributed by atoms with van der Waals surface area (Å²) < 4.78 is 11.3. The van der Waals surface area contributed by atoms with Gasteiger partial charge in [0.25, 0.3) is 0 Å². The van der Waals surface area contributed by atoms with Gasteiger partial charge in [-0.3, -0.25) is 0 Å². The molecule has 0 aromatic heterocycles. The van der Waals surface area contributed by atoms with E-state index in [1.165, 1.54) is 5.56 Å². The number of carboxylic acids is 1. The number of carboxylic acid groups (broad SMARTS) is 1. The number of carbonyl (C=O) groups is 1. The Morgan fingerprint density at radius 2 is 1.55 bits per heavy atom. The van der Waals surface area contributed by atoms with Crippen molar-refractivity contribution in [1.29, 1.82) is 0 Å². The number of hydrogen-bond donors (Lipinski definition) is 2. The molecule has 0 unspecified atom stereocenters. The Hall–Kier alpha value is -3.31. The van der Waals surface area contributed by atoms with E-state index >= 15 is 0 Å². The van der Waals surface area contributed by atoms with Crippen LogP contribution in [-0.2, 0) is 11.4 Å². The fraction of sp³-hybridized carbons (Fsp3) is 0.269. The Bertz CT molecular complexity index is 928. The molecule has 0 heterocycles. The second-order valence-electron chi connectivity index (χ2n) is 7.44. The van der Waals surface area contributed by atoms with E-state index in [1.54, 1.807) is 32.0 Å². The maximum atomic E-state index is 11.3. The molecule has 0 aliphatic carbocycles. The molecule has 0 amide bonds. The predicted molar refractivity (Wildman–Crippen MR) is 123 cm³/mol. The first-order valence-electron chi connectivity index (χ1n) is 10.3. The van der Waals surface area contributed by atoms with Crippen LogP contribution in [0, 0.1) is 0 Å². The van der Waals surface area contributed by atoms with Crippen molar-refractivity contribution < 1.29 is 19.4 Å². The van der Waals surface area contributed by atoms with Gasteiger partial charge in [0.05, 0.1) is 0 Å². The van der Waals surface area contributed by atoms with Crippen molar-refractivity contribution in [2.45, 2.75) is 45.4 Å². The molecule has 5 heteroatoms. The van der Waals surface area contributed by atoms with Crippen LogP contribution in [0.1, 0.15) is 44.4 Å². The molecule has 3 rings (SSSR count). The smallest absolute Gasteiger partial charge is 0.347 e. The third-order valence-electron chi connectivity index (χ3n) is 4.85. The van der Waals surface area contributed by atoms with E-state index in [-0.39, 0.29) is 6.04 Å². The highest BCUT2D eigenvalue weighted by atomic mass is 16.5. The molecule has 31 heavy (non-hydrogen) atoms. The van der Waals surface area contributed by atoms with Crippen molar-refractivity contribution in [2.75, 3.05) is 0 Å². The van der Waals surface area contributed by atoms with Gasteiger partial charge in [-0.25, -0.2) is 4.79 Å². The Morgan fingerprint density at radius 3 is 2.06 bits per heavy atom.